The van der Waals surface area contributed by atoms with Crippen LogP contribution in [0, 0.1) is 0 Å². The molecule has 17 heavy (non-hydrogen) atoms. The summed E-state index contributed by atoms with van der Waals surface area (Å²) >= 11 is 1.77. The van der Waals surface area contributed by atoms with E-state index in [-0.39, 0.29) is 0 Å². The van der Waals surface area contributed by atoms with E-state index in [4.69, 9.17) is 0 Å². The summed E-state index contributed by atoms with van der Waals surface area (Å²) in [6.45, 7) is 2.70. The molecule has 1 aliphatic rings. The molecule has 3 heteroatoms. The van der Waals surface area contributed by atoms with Crippen molar-refractivity contribution in [1.29, 1.82) is 0 Å². The topological polar surface area (TPSA) is 29.1 Å². The molecule has 0 radical (unpaired) electrons. The van der Waals surface area contributed by atoms with Gasteiger partial charge in [-0.2, -0.15) is 0 Å². The zero-order valence-corrected chi connectivity index (χ0v) is 11.3. The number of carbonyl (C=O) groups is 1. The molecule has 0 spiro atoms. The van der Waals surface area contributed by atoms with Crippen molar-refractivity contribution in [1.82, 2.24) is 5.32 Å². The van der Waals surface area contributed by atoms with Gasteiger partial charge in [-0.15, -0.1) is 11.3 Å². The fourth-order valence-electron chi connectivity index (χ4n) is 2.35. The van der Waals surface area contributed by atoms with Gasteiger partial charge in [-0.3, -0.25) is 4.79 Å². The van der Waals surface area contributed by atoms with E-state index in [2.05, 4.69) is 24.4 Å². The highest BCUT2D eigenvalue weighted by Crippen LogP contribution is 2.19. The average Bonchev–Trinajstić information content (AvgIpc) is 2.97. The highest BCUT2D eigenvalue weighted by molar-refractivity contribution is 7.12. The van der Waals surface area contributed by atoms with Crippen molar-refractivity contribution >= 4 is 17.1 Å². The molecule has 0 bridgehead atoms. The summed E-state index contributed by atoms with van der Waals surface area (Å²) in [5, 5.41) is 3.38. The molecule has 2 rings (SSSR count). The summed E-state index contributed by atoms with van der Waals surface area (Å²) in [5.41, 5.74) is 0. The first kappa shape index (κ1) is 12.8. The Labute approximate surface area is 107 Å². The summed E-state index contributed by atoms with van der Waals surface area (Å²) in [7, 11) is 0. The molecule has 0 aromatic carbocycles. The number of carbonyl (C=O) groups excluding carboxylic acids is 1. The molecular weight excluding hydrogens is 230 g/mol. The van der Waals surface area contributed by atoms with Gasteiger partial charge in [-0.25, -0.2) is 0 Å². The van der Waals surface area contributed by atoms with Gasteiger partial charge in [0.15, 0.2) is 5.78 Å². The zero-order valence-electron chi connectivity index (χ0n) is 10.5. The Hall–Kier alpha value is -0.670. The number of ketones is 1. The molecule has 94 valence electrons. The second-order valence-corrected chi connectivity index (χ2v) is 6.05. The Kier molecular flexibility index (Phi) is 4.75. The molecule has 1 saturated carbocycles. The number of hydrogen-bond acceptors (Lipinski definition) is 3. The molecular formula is C14H21NOS. The third kappa shape index (κ3) is 3.93. The van der Waals surface area contributed by atoms with Crippen molar-refractivity contribution < 1.29 is 4.79 Å². The van der Waals surface area contributed by atoms with Gasteiger partial charge in [0.1, 0.15) is 0 Å². The number of rotatable bonds is 6. The fraction of sp³-hybridized carbons (Fsp3) is 0.643. The highest BCUT2D eigenvalue weighted by Gasteiger charge is 2.15. The summed E-state index contributed by atoms with van der Waals surface area (Å²) < 4.78 is 0. The van der Waals surface area contributed by atoms with Crippen molar-refractivity contribution in [2.75, 3.05) is 6.54 Å². The zero-order chi connectivity index (χ0) is 12.1. The van der Waals surface area contributed by atoms with E-state index < -0.39 is 0 Å². The Morgan fingerprint density at radius 1 is 1.35 bits per heavy atom. The van der Waals surface area contributed by atoms with Crippen LogP contribution in [0.5, 0.6) is 0 Å². The number of hydrogen-bond donors (Lipinski definition) is 1. The van der Waals surface area contributed by atoms with Gasteiger partial charge in [0.05, 0.1) is 6.54 Å². The molecule has 1 N–H and O–H groups in total. The van der Waals surface area contributed by atoms with E-state index in [0.717, 1.165) is 6.42 Å². The van der Waals surface area contributed by atoms with E-state index in [9.17, 15) is 4.79 Å². The summed E-state index contributed by atoms with van der Waals surface area (Å²) in [6, 6.07) is 4.82. The minimum absolute atomic E-state index is 0.321. The second kappa shape index (κ2) is 6.31. The van der Waals surface area contributed by atoms with Gasteiger partial charge >= 0.3 is 0 Å². The molecule has 1 aromatic rings. The van der Waals surface area contributed by atoms with Gasteiger partial charge in [0.25, 0.3) is 0 Å². The summed E-state index contributed by atoms with van der Waals surface area (Å²) in [6.07, 6.45) is 6.79. The maximum absolute atomic E-state index is 11.8. The number of aryl methyl sites for hydroxylation is 1. The molecule has 0 amide bonds. The Morgan fingerprint density at radius 3 is 2.71 bits per heavy atom. The van der Waals surface area contributed by atoms with Gasteiger partial charge in [-0.05, 0) is 31.4 Å². The molecule has 1 aliphatic carbocycles. The third-order valence-electron chi connectivity index (χ3n) is 3.38. The number of thiophene rings is 1. The lowest BCUT2D eigenvalue weighted by molar-refractivity contribution is -0.117. The van der Waals surface area contributed by atoms with Crippen molar-refractivity contribution in [2.24, 2.45) is 0 Å². The van der Waals surface area contributed by atoms with Crippen molar-refractivity contribution in [2.45, 2.75) is 51.5 Å². The highest BCUT2D eigenvalue weighted by atomic mass is 32.1. The van der Waals surface area contributed by atoms with Crippen LogP contribution in [0.1, 0.15) is 42.4 Å². The normalized spacial score (nSPS) is 16.5. The van der Waals surface area contributed by atoms with Crippen LogP contribution in [-0.4, -0.2) is 18.4 Å². The predicted molar refractivity (Wildman–Crippen MR) is 72.7 cm³/mol. The van der Waals surface area contributed by atoms with Crippen LogP contribution in [0.4, 0.5) is 0 Å². The minimum atomic E-state index is 0.321. The SMILES string of the molecule is CCc1ccc(CC(=O)CNC2CCCC2)s1. The lowest BCUT2D eigenvalue weighted by Gasteiger charge is -2.10. The predicted octanol–water partition coefficient (Wildman–Crippen LogP) is 2.95. The van der Waals surface area contributed by atoms with Crippen LogP contribution in [0.25, 0.3) is 0 Å². The molecule has 1 aromatic heterocycles. The van der Waals surface area contributed by atoms with Crippen LogP contribution in [0.2, 0.25) is 0 Å². The third-order valence-corrected chi connectivity index (χ3v) is 4.61. The van der Waals surface area contributed by atoms with Crippen LogP contribution < -0.4 is 5.32 Å². The Morgan fingerprint density at radius 2 is 2.06 bits per heavy atom. The Balaban J connectivity index is 1.72. The van der Waals surface area contributed by atoms with Gasteiger partial charge in [-0.1, -0.05) is 19.8 Å². The first-order chi connectivity index (χ1) is 8.28. The van der Waals surface area contributed by atoms with E-state index >= 15 is 0 Å². The van der Waals surface area contributed by atoms with Crippen LogP contribution in [0.3, 0.4) is 0 Å². The first-order valence-electron chi connectivity index (χ1n) is 6.60. The quantitative estimate of drug-likeness (QED) is 0.842. The molecule has 0 saturated heterocycles. The lowest BCUT2D eigenvalue weighted by Crippen LogP contribution is -2.32. The van der Waals surface area contributed by atoms with Crippen molar-refractivity contribution in [3.05, 3.63) is 21.9 Å². The summed E-state index contributed by atoms with van der Waals surface area (Å²) in [5.74, 6) is 0.321. The second-order valence-electron chi connectivity index (χ2n) is 4.80. The first-order valence-corrected chi connectivity index (χ1v) is 7.42. The van der Waals surface area contributed by atoms with Gasteiger partial charge in [0, 0.05) is 22.2 Å². The van der Waals surface area contributed by atoms with Crippen LogP contribution in [-0.2, 0) is 17.6 Å². The van der Waals surface area contributed by atoms with Crippen molar-refractivity contribution in [3.63, 3.8) is 0 Å². The van der Waals surface area contributed by atoms with Crippen molar-refractivity contribution in [3.8, 4) is 0 Å². The minimum Gasteiger partial charge on any atom is -0.307 e. The molecule has 1 fully saturated rings. The van der Waals surface area contributed by atoms with E-state index in [1.54, 1.807) is 11.3 Å². The number of nitrogens with one attached hydrogen (secondary N) is 1. The molecule has 2 nitrogen and oxygen atoms in total. The maximum atomic E-state index is 11.8. The molecule has 1 heterocycles. The van der Waals surface area contributed by atoms with E-state index in [1.807, 2.05) is 0 Å². The van der Waals surface area contributed by atoms with Gasteiger partial charge in [0.2, 0.25) is 0 Å². The average molecular weight is 251 g/mol. The fourth-order valence-corrected chi connectivity index (χ4v) is 3.34. The standard InChI is InChI=1S/C14H21NOS/c1-2-13-7-8-14(17-13)9-12(16)10-15-11-5-3-4-6-11/h7-8,11,15H,2-6,9-10H2,1H3. The van der Waals surface area contributed by atoms with Crippen LogP contribution >= 0.6 is 11.3 Å². The van der Waals surface area contributed by atoms with E-state index in [1.165, 1.54) is 35.4 Å². The smallest absolute Gasteiger partial charge is 0.151 e. The monoisotopic (exact) mass is 251 g/mol. The van der Waals surface area contributed by atoms with Crippen LogP contribution in [0.15, 0.2) is 12.1 Å². The maximum Gasteiger partial charge on any atom is 0.151 e. The lowest BCUT2D eigenvalue weighted by atomic mass is 10.2. The largest absolute Gasteiger partial charge is 0.307 e. The summed E-state index contributed by atoms with van der Waals surface area (Å²) in [4.78, 5) is 14.4. The molecule has 0 unspecified atom stereocenters. The Bertz CT molecular complexity index is 366. The molecule has 0 aliphatic heterocycles. The van der Waals surface area contributed by atoms with Gasteiger partial charge < -0.3 is 5.32 Å². The van der Waals surface area contributed by atoms with E-state index in [0.29, 0.717) is 24.8 Å². The molecule has 0 atom stereocenters. The number of Topliss-reactive ketones (excluding diaryl/α,β-unsaturated/α-hetero) is 1.